The molecule has 1 nitrogen and oxygen atoms in total. The van der Waals surface area contributed by atoms with Crippen molar-refractivity contribution in [2.75, 3.05) is 6.54 Å². The Kier molecular flexibility index (Phi) is 4.73. The van der Waals surface area contributed by atoms with Gasteiger partial charge in [0.2, 0.25) is 0 Å². The molecule has 0 radical (unpaired) electrons. The van der Waals surface area contributed by atoms with Gasteiger partial charge in [0, 0.05) is 10.6 Å². The molecule has 0 aliphatic carbocycles. The summed E-state index contributed by atoms with van der Waals surface area (Å²) in [4.78, 5) is 0. The molecule has 1 N–H and O–H groups in total. The molecule has 20 heavy (non-hydrogen) atoms. The molecule has 0 aromatic heterocycles. The first-order valence-electron chi connectivity index (χ1n) is 6.48. The van der Waals surface area contributed by atoms with Gasteiger partial charge in [-0.3, -0.25) is 0 Å². The summed E-state index contributed by atoms with van der Waals surface area (Å²) >= 11 is 6.29. The summed E-state index contributed by atoms with van der Waals surface area (Å²) in [5.41, 5.74) is 1.56. The number of hydrogen-bond acceptors (Lipinski definition) is 1. The Morgan fingerprint density at radius 3 is 2.30 bits per heavy atom. The predicted octanol–water partition coefficient (Wildman–Crippen LogP) is 4.63. The van der Waals surface area contributed by atoms with Gasteiger partial charge in [-0.15, -0.1) is 0 Å². The van der Waals surface area contributed by atoms with Gasteiger partial charge in [-0.05, 0) is 36.7 Å². The fourth-order valence-corrected chi connectivity index (χ4v) is 2.49. The van der Waals surface area contributed by atoms with Crippen LogP contribution < -0.4 is 5.32 Å². The molecular weight excluding hydrogens is 280 g/mol. The Morgan fingerprint density at radius 1 is 1.10 bits per heavy atom. The van der Waals surface area contributed by atoms with E-state index in [0.29, 0.717) is 17.1 Å². The Hall–Kier alpha value is -1.45. The quantitative estimate of drug-likeness (QED) is 0.867. The first kappa shape index (κ1) is 14.9. The Balaban J connectivity index is 2.60. The smallest absolute Gasteiger partial charge is 0.131 e. The van der Waals surface area contributed by atoms with Gasteiger partial charge >= 0.3 is 0 Å². The molecule has 106 valence electrons. The molecule has 0 fully saturated rings. The molecule has 0 aliphatic heterocycles. The summed E-state index contributed by atoms with van der Waals surface area (Å²) in [6.45, 7) is 4.32. The second-order valence-electron chi connectivity index (χ2n) is 4.60. The van der Waals surface area contributed by atoms with Gasteiger partial charge < -0.3 is 5.32 Å². The van der Waals surface area contributed by atoms with Crippen molar-refractivity contribution >= 4 is 11.6 Å². The van der Waals surface area contributed by atoms with Crippen LogP contribution in [0.4, 0.5) is 8.78 Å². The molecule has 1 atom stereocenters. The van der Waals surface area contributed by atoms with Crippen LogP contribution in [0, 0.1) is 18.6 Å². The highest BCUT2D eigenvalue weighted by atomic mass is 35.5. The van der Waals surface area contributed by atoms with E-state index in [2.05, 4.69) is 5.32 Å². The van der Waals surface area contributed by atoms with Crippen LogP contribution in [0.5, 0.6) is 0 Å². The third-order valence-electron chi connectivity index (χ3n) is 3.23. The van der Waals surface area contributed by atoms with Crippen molar-refractivity contribution < 1.29 is 8.78 Å². The first-order chi connectivity index (χ1) is 9.56. The molecule has 0 saturated carbocycles. The zero-order valence-corrected chi connectivity index (χ0v) is 12.1. The topological polar surface area (TPSA) is 12.0 Å². The van der Waals surface area contributed by atoms with E-state index < -0.39 is 17.7 Å². The lowest BCUT2D eigenvalue weighted by molar-refractivity contribution is 0.510. The number of aryl methyl sites for hydroxylation is 1. The van der Waals surface area contributed by atoms with Crippen molar-refractivity contribution in [3.63, 3.8) is 0 Å². The van der Waals surface area contributed by atoms with Gasteiger partial charge in [0.1, 0.15) is 11.6 Å². The van der Waals surface area contributed by atoms with Crippen LogP contribution in [-0.4, -0.2) is 6.54 Å². The summed E-state index contributed by atoms with van der Waals surface area (Å²) in [6.07, 6.45) is 0. The monoisotopic (exact) mass is 295 g/mol. The van der Waals surface area contributed by atoms with Crippen molar-refractivity contribution in [2.24, 2.45) is 0 Å². The van der Waals surface area contributed by atoms with Crippen molar-refractivity contribution in [1.29, 1.82) is 0 Å². The van der Waals surface area contributed by atoms with E-state index in [4.69, 9.17) is 11.6 Å². The van der Waals surface area contributed by atoms with Crippen molar-refractivity contribution in [2.45, 2.75) is 19.9 Å². The van der Waals surface area contributed by atoms with Crippen molar-refractivity contribution in [3.8, 4) is 0 Å². The summed E-state index contributed by atoms with van der Waals surface area (Å²) in [5, 5.41) is 3.63. The summed E-state index contributed by atoms with van der Waals surface area (Å²) in [7, 11) is 0. The highest BCUT2D eigenvalue weighted by Crippen LogP contribution is 2.32. The molecule has 0 bridgehead atoms. The first-order valence-corrected chi connectivity index (χ1v) is 6.86. The molecule has 2 rings (SSSR count). The second-order valence-corrected chi connectivity index (χ2v) is 4.98. The van der Waals surface area contributed by atoms with Crippen LogP contribution in [0.15, 0.2) is 36.4 Å². The fourth-order valence-electron chi connectivity index (χ4n) is 2.25. The molecule has 1 unspecified atom stereocenters. The number of nitrogens with one attached hydrogen (secondary N) is 1. The van der Waals surface area contributed by atoms with Gasteiger partial charge in [0.05, 0.1) is 6.04 Å². The molecule has 0 aliphatic rings. The zero-order valence-electron chi connectivity index (χ0n) is 11.4. The van der Waals surface area contributed by atoms with Gasteiger partial charge in [-0.1, -0.05) is 42.8 Å². The standard InChI is InChI=1S/C16H16ClF2N/c1-3-20-16(11-7-4-6-10(2)15(11)17)14-12(18)8-5-9-13(14)19/h4-9,16,20H,3H2,1-2H3. The van der Waals surface area contributed by atoms with Crippen molar-refractivity contribution in [1.82, 2.24) is 5.32 Å². The molecule has 0 saturated heterocycles. The normalized spacial score (nSPS) is 12.4. The lowest BCUT2D eigenvalue weighted by Gasteiger charge is -2.22. The van der Waals surface area contributed by atoms with E-state index in [0.717, 1.165) is 5.56 Å². The molecule has 2 aromatic rings. The Morgan fingerprint density at radius 2 is 1.70 bits per heavy atom. The van der Waals surface area contributed by atoms with E-state index >= 15 is 0 Å². The number of rotatable bonds is 4. The van der Waals surface area contributed by atoms with E-state index in [1.165, 1.54) is 18.2 Å². The molecule has 0 amide bonds. The lowest BCUT2D eigenvalue weighted by atomic mass is 9.96. The molecule has 0 spiro atoms. The van der Waals surface area contributed by atoms with Crippen LogP contribution >= 0.6 is 11.6 Å². The fraction of sp³-hybridized carbons (Fsp3) is 0.250. The second kappa shape index (κ2) is 6.33. The molecular formula is C16H16ClF2N. The van der Waals surface area contributed by atoms with E-state index in [1.807, 2.05) is 26.0 Å². The molecule has 0 heterocycles. The van der Waals surface area contributed by atoms with Gasteiger partial charge in [-0.2, -0.15) is 0 Å². The van der Waals surface area contributed by atoms with E-state index in [9.17, 15) is 8.78 Å². The zero-order chi connectivity index (χ0) is 14.7. The molecule has 2 aromatic carbocycles. The Labute approximate surface area is 122 Å². The highest BCUT2D eigenvalue weighted by Gasteiger charge is 2.23. The number of hydrogen-bond donors (Lipinski definition) is 1. The summed E-state index contributed by atoms with van der Waals surface area (Å²) < 4.78 is 28.0. The van der Waals surface area contributed by atoms with Crippen molar-refractivity contribution in [3.05, 3.63) is 69.7 Å². The maximum Gasteiger partial charge on any atom is 0.131 e. The predicted molar refractivity (Wildman–Crippen MR) is 78.1 cm³/mol. The maximum atomic E-state index is 14.0. The van der Waals surface area contributed by atoms with E-state index in [1.54, 1.807) is 6.07 Å². The third-order valence-corrected chi connectivity index (χ3v) is 3.75. The average Bonchev–Trinajstić information content (AvgIpc) is 2.41. The van der Waals surface area contributed by atoms with Crippen LogP contribution in [0.1, 0.15) is 29.7 Å². The summed E-state index contributed by atoms with van der Waals surface area (Å²) in [6, 6.07) is 8.75. The van der Waals surface area contributed by atoms with E-state index in [-0.39, 0.29) is 5.56 Å². The van der Waals surface area contributed by atoms with Crippen LogP contribution in [0.3, 0.4) is 0 Å². The van der Waals surface area contributed by atoms with Gasteiger partial charge in [-0.25, -0.2) is 8.78 Å². The SMILES string of the molecule is CCNC(c1cccc(C)c1Cl)c1c(F)cccc1F. The van der Waals surface area contributed by atoms with Crippen LogP contribution in [0.2, 0.25) is 5.02 Å². The van der Waals surface area contributed by atoms with Gasteiger partial charge in [0.15, 0.2) is 0 Å². The molecule has 4 heteroatoms. The maximum absolute atomic E-state index is 14.0. The summed E-state index contributed by atoms with van der Waals surface area (Å²) in [5.74, 6) is -1.15. The average molecular weight is 296 g/mol. The van der Waals surface area contributed by atoms with Gasteiger partial charge in [0.25, 0.3) is 0 Å². The largest absolute Gasteiger partial charge is 0.306 e. The third kappa shape index (κ3) is 2.84. The number of halogens is 3. The minimum Gasteiger partial charge on any atom is -0.306 e. The lowest BCUT2D eigenvalue weighted by Crippen LogP contribution is -2.24. The Bertz CT molecular complexity index is 593. The van der Waals surface area contributed by atoms with Crippen LogP contribution in [0.25, 0.3) is 0 Å². The van der Waals surface area contributed by atoms with Crippen LogP contribution in [-0.2, 0) is 0 Å². The minimum absolute atomic E-state index is 0.00171. The highest BCUT2D eigenvalue weighted by molar-refractivity contribution is 6.32. The minimum atomic E-state index is -0.603. The number of benzene rings is 2.